The Bertz CT molecular complexity index is 792. The molecule has 0 aliphatic carbocycles. The molecule has 0 bridgehead atoms. The van der Waals surface area contributed by atoms with Gasteiger partial charge in [-0.2, -0.15) is 0 Å². The molecule has 2 fully saturated rings. The maximum absolute atomic E-state index is 14.6. The van der Waals surface area contributed by atoms with Gasteiger partial charge in [-0.3, -0.25) is 9.89 Å². The van der Waals surface area contributed by atoms with Crippen molar-refractivity contribution in [3.8, 4) is 0 Å². The molecule has 2 unspecified atom stereocenters. The van der Waals surface area contributed by atoms with Crippen LogP contribution < -0.4 is 10.6 Å². The van der Waals surface area contributed by atoms with E-state index in [4.69, 9.17) is 11.6 Å². The molecule has 2 saturated heterocycles. The number of nitrogens with zero attached hydrogens (tertiary/aromatic N) is 2. The minimum Gasteiger partial charge on any atom is -0.357 e. The number of rotatable bonds is 6. The first-order chi connectivity index (χ1) is 13.4. The lowest BCUT2D eigenvalue weighted by Gasteiger charge is -2.28. The Morgan fingerprint density at radius 2 is 2.14 bits per heavy atom. The van der Waals surface area contributed by atoms with Crippen LogP contribution in [0.2, 0.25) is 5.02 Å². The van der Waals surface area contributed by atoms with Gasteiger partial charge in [0.2, 0.25) is 0 Å². The predicted octanol–water partition coefficient (Wildman–Crippen LogP) is 2.36. The molecule has 156 valence electrons. The summed E-state index contributed by atoms with van der Waals surface area (Å²) in [6.45, 7) is 4.72. The van der Waals surface area contributed by atoms with E-state index < -0.39 is 9.84 Å². The summed E-state index contributed by atoms with van der Waals surface area (Å²) in [6.07, 6.45) is 2.72. The quantitative estimate of drug-likeness (QED) is 0.535. The Hall–Kier alpha value is -1.38. The summed E-state index contributed by atoms with van der Waals surface area (Å²) < 4.78 is 38.0. The second-order valence-corrected chi connectivity index (χ2v) is 9.99. The molecule has 1 aromatic carbocycles. The topological polar surface area (TPSA) is 73.8 Å². The third kappa shape index (κ3) is 5.36. The fourth-order valence-corrected chi connectivity index (χ4v) is 5.83. The standard InChI is InChI=1S/C19H28ClFN4O2S/c1-2-22-19(24-14-8-11-28(26,27)13-14)23-12-17(25-9-3-4-10-25)18-15(20)6-5-7-16(18)21/h5-7,14,17H,2-4,8-13H2,1H3,(H2,22,23,24). The third-order valence-electron chi connectivity index (χ3n) is 5.25. The van der Waals surface area contributed by atoms with Crippen molar-refractivity contribution in [2.45, 2.75) is 38.3 Å². The molecular formula is C19H28ClFN4O2S. The van der Waals surface area contributed by atoms with Crippen molar-refractivity contribution >= 4 is 27.4 Å². The average Bonchev–Trinajstić information content (AvgIpc) is 3.27. The molecular weight excluding hydrogens is 403 g/mol. The third-order valence-corrected chi connectivity index (χ3v) is 7.35. The number of sulfone groups is 1. The van der Waals surface area contributed by atoms with Gasteiger partial charge in [0.1, 0.15) is 5.82 Å². The number of hydrogen-bond acceptors (Lipinski definition) is 4. The normalized spacial score (nSPS) is 23.7. The van der Waals surface area contributed by atoms with E-state index in [0.717, 1.165) is 25.9 Å². The summed E-state index contributed by atoms with van der Waals surface area (Å²) in [4.78, 5) is 6.88. The predicted molar refractivity (Wildman–Crippen MR) is 111 cm³/mol. The van der Waals surface area contributed by atoms with Gasteiger partial charge in [-0.1, -0.05) is 17.7 Å². The number of hydrogen-bond donors (Lipinski definition) is 2. The lowest BCUT2D eigenvalue weighted by atomic mass is 10.0. The monoisotopic (exact) mass is 430 g/mol. The molecule has 28 heavy (non-hydrogen) atoms. The second kappa shape index (κ2) is 9.41. The summed E-state index contributed by atoms with van der Waals surface area (Å²) in [5.74, 6) is 0.554. The van der Waals surface area contributed by atoms with Gasteiger partial charge in [0.15, 0.2) is 15.8 Å². The van der Waals surface area contributed by atoms with E-state index in [2.05, 4.69) is 20.5 Å². The maximum atomic E-state index is 14.6. The van der Waals surface area contributed by atoms with E-state index >= 15 is 0 Å². The minimum atomic E-state index is -2.98. The lowest BCUT2D eigenvalue weighted by Crippen LogP contribution is -2.44. The lowest BCUT2D eigenvalue weighted by molar-refractivity contribution is 0.246. The van der Waals surface area contributed by atoms with Crippen molar-refractivity contribution in [1.29, 1.82) is 0 Å². The summed E-state index contributed by atoms with van der Waals surface area (Å²) >= 11 is 6.33. The summed E-state index contributed by atoms with van der Waals surface area (Å²) in [5, 5.41) is 6.79. The van der Waals surface area contributed by atoms with Gasteiger partial charge >= 0.3 is 0 Å². The van der Waals surface area contributed by atoms with E-state index in [1.165, 1.54) is 6.07 Å². The van der Waals surface area contributed by atoms with Crippen LogP contribution in [0.4, 0.5) is 4.39 Å². The van der Waals surface area contributed by atoms with Crippen LogP contribution in [0.15, 0.2) is 23.2 Å². The van der Waals surface area contributed by atoms with Crippen LogP contribution in [0.1, 0.15) is 37.8 Å². The molecule has 2 heterocycles. The maximum Gasteiger partial charge on any atom is 0.191 e. The molecule has 2 aliphatic heterocycles. The Kier molecular flexibility index (Phi) is 7.17. The van der Waals surface area contributed by atoms with Gasteiger partial charge in [0, 0.05) is 23.2 Å². The summed E-state index contributed by atoms with van der Waals surface area (Å²) in [6, 6.07) is 4.35. The first-order valence-corrected chi connectivity index (χ1v) is 12.0. The zero-order valence-corrected chi connectivity index (χ0v) is 17.7. The van der Waals surface area contributed by atoms with E-state index in [-0.39, 0.29) is 29.4 Å². The highest BCUT2D eigenvalue weighted by atomic mass is 35.5. The first kappa shape index (κ1) is 21.3. The Balaban J connectivity index is 1.79. The Labute approximate surface area is 171 Å². The van der Waals surface area contributed by atoms with Crippen molar-refractivity contribution < 1.29 is 12.8 Å². The van der Waals surface area contributed by atoms with Gasteiger partial charge in [-0.05, 0) is 51.4 Å². The van der Waals surface area contributed by atoms with E-state index in [1.54, 1.807) is 12.1 Å². The van der Waals surface area contributed by atoms with Crippen LogP contribution in [0, 0.1) is 5.82 Å². The van der Waals surface area contributed by atoms with Gasteiger partial charge in [-0.25, -0.2) is 12.8 Å². The first-order valence-electron chi connectivity index (χ1n) is 9.83. The molecule has 1 aromatic rings. The van der Waals surface area contributed by atoms with E-state index in [1.807, 2.05) is 6.92 Å². The van der Waals surface area contributed by atoms with Crippen LogP contribution in [0.5, 0.6) is 0 Å². The fraction of sp³-hybridized carbons (Fsp3) is 0.632. The molecule has 0 amide bonds. The van der Waals surface area contributed by atoms with Crippen LogP contribution >= 0.6 is 11.6 Å². The largest absolute Gasteiger partial charge is 0.357 e. The van der Waals surface area contributed by atoms with Crippen LogP contribution in [-0.4, -0.2) is 63.0 Å². The summed E-state index contributed by atoms with van der Waals surface area (Å²) in [7, 11) is -2.98. The molecule has 2 atom stereocenters. The van der Waals surface area contributed by atoms with Gasteiger partial charge in [0.05, 0.1) is 24.1 Å². The highest BCUT2D eigenvalue weighted by Gasteiger charge is 2.30. The van der Waals surface area contributed by atoms with Crippen molar-refractivity contribution in [3.05, 3.63) is 34.6 Å². The zero-order valence-electron chi connectivity index (χ0n) is 16.1. The molecule has 0 saturated carbocycles. The van der Waals surface area contributed by atoms with Crippen molar-refractivity contribution in [1.82, 2.24) is 15.5 Å². The SMILES string of the molecule is CCNC(=NCC(c1c(F)cccc1Cl)N1CCCC1)NC1CCS(=O)(=O)C1. The van der Waals surface area contributed by atoms with Crippen LogP contribution in [0.25, 0.3) is 0 Å². The number of halogens is 2. The van der Waals surface area contributed by atoms with Crippen molar-refractivity contribution in [2.24, 2.45) is 4.99 Å². The van der Waals surface area contributed by atoms with Crippen molar-refractivity contribution in [3.63, 3.8) is 0 Å². The van der Waals surface area contributed by atoms with Gasteiger partial charge in [0.25, 0.3) is 0 Å². The number of nitrogens with one attached hydrogen (secondary N) is 2. The molecule has 9 heteroatoms. The Morgan fingerprint density at radius 1 is 1.39 bits per heavy atom. The second-order valence-electron chi connectivity index (χ2n) is 7.36. The Morgan fingerprint density at radius 3 is 2.75 bits per heavy atom. The number of aliphatic imine (C=N–C) groups is 1. The number of guanidine groups is 1. The molecule has 2 aliphatic rings. The molecule has 2 N–H and O–H groups in total. The molecule has 0 aromatic heterocycles. The van der Waals surface area contributed by atoms with Gasteiger partial charge < -0.3 is 10.6 Å². The molecule has 0 radical (unpaired) electrons. The average molecular weight is 431 g/mol. The molecule has 3 rings (SSSR count). The smallest absolute Gasteiger partial charge is 0.191 e. The zero-order chi connectivity index (χ0) is 20.1. The fourth-order valence-electron chi connectivity index (χ4n) is 3.87. The highest BCUT2D eigenvalue weighted by Crippen LogP contribution is 2.32. The summed E-state index contributed by atoms with van der Waals surface area (Å²) in [5.41, 5.74) is 0.481. The molecule has 0 spiro atoms. The van der Waals surface area contributed by atoms with E-state index in [9.17, 15) is 12.8 Å². The van der Waals surface area contributed by atoms with Crippen LogP contribution in [0.3, 0.4) is 0 Å². The highest BCUT2D eigenvalue weighted by molar-refractivity contribution is 7.91. The van der Waals surface area contributed by atoms with Crippen molar-refractivity contribution in [2.75, 3.05) is 37.7 Å². The van der Waals surface area contributed by atoms with Crippen LogP contribution in [-0.2, 0) is 9.84 Å². The van der Waals surface area contributed by atoms with Gasteiger partial charge in [-0.15, -0.1) is 0 Å². The van der Waals surface area contributed by atoms with E-state index in [0.29, 0.717) is 36.1 Å². The number of benzene rings is 1. The minimum absolute atomic E-state index is 0.117. The molecule has 6 nitrogen and oxygen atoms in total. The number of likely N-dealkylation sites (tertiary alicyclic amines) is 1.